The lowest BCUT2D eigenvalue weighted by Gasteiger charge is -2.24. The zero-order valence-corrected chi connectivity index (χ0v) is 11.4. The number of carboxylic acid groups (broad SMARTS) is 1. The predicted octanol–water partition coefficient (Wildman–Crippen LogP) is 2.36. The number of hydrogen-bond donors (Lipinski definition) is 1. The van der Waals surface area contributed by atoms with Gasteiger partial charge in [-0.25, -0.2) is 9.97 Å². The molecule has 0 radical (unpaired) electrons. The Morgan fingerprint density at radius 1 is 1.40 bits per heavy atom. The Morgan fingerprint density at radius 2 is 2.00 bits per heavy atom. The average molecular weight is 291 g/mol. The molecule has 5 nitrogen and oxygen atoms in total. The molecule has 0 aliphatic rings. The van der Waals surface area contributed by atoms with Crippen LogP contribution in [0.1, 0.15) is 31.3 Å². The minimum atomic E-state index is -4.51. The molecule has 0 spiro atoms. The maximum Gasteiger partial charge on any atom is 0.405 e. The standard InChI is InChI=1S/C12H16F3N3O2/c1-7(2)11-16-8(3)4-9(17-11)18(5-10(19)20)6-12(13,14)15/h4,7H,5-6H2,1-3H3,(H,19,20). The number of anilines is 1. The van der Waals surface area contributed by atoms with Crippen molar-refractivity contribution in [3.8, 4) is 0 Å². The molecule has 1 N–H and O–H groups in total. The molecule has 8 heteroatoms. The molecule has 0 fully saturated rings. The lowest BCUT2D eigenvalue weighted by Crippen LogP contribution is -2.38. The van der Waals surface area contributed by atoms with Crippen LogP contribution in [0.4, 0.5) is 19.0 Å². The molecular weight excluding hydrogens is 275 g/mol. The van der Waals surface area contributed by atoms with E-state index in [2.05, 4.69) is 9.97 Å². The first-order valence-electron chi connectivity index (χ1n) is 5.97. The first kappa shape index (κ1) is 16.2. The number of aromatic nitrogens is 2. The van der Waals surface area contributed by atoms with Gasteiger partial charge in [0.25, 0.3) is 0 Å². The highest BCUT2D eigenvalue weighted by Gasteiger charge is 2.32. The van der Waals surface area contributed by atoms with Crippen molar-refractivity contribution in [3.05, 3.63) is 17.6 Å². The van der Waals surface area contributed by atoms with Crippen molar-refractivity contribution in [2.24, 2.45) is 0 Å². The van der Waals surface area contributed by atoms with E-state index in [9.17, 15) is 18.0 Å². The third-order valence-corrected chi connectivity index (χ3v) is 2.39. The van der Waals surface area contributed by atoms with Crippen LogP contribution in [0.5, 0.6) is 0 Å². The Bertz CT molecular complexity index is 489. The molecule has 0 saturated carbocycles. The maximum atomic E-state index is 12.5. The van der Waals surface area contributed by atoms with Gasteiger partial charge in [-0.15, -0.1) is 0 Å². The Morgan fingerprint density at radius 3 is 2.45 bits per heavy atom. The highest BCUT2D eigenvalue weighted by atomic mass is 19.4. The van der Waals surface area contributed by atoms with Gasteiger partial charge in [0.05, 0.1) is 0 Å². The first-order chi connectivity index (χ1) is 9.08. The summed E-state index contributed by atoms with van der Waals surface area (Å²) in [6.07, 6.45) is -4.51. The monoisotopic (exact) mass is 291 g/mol. The van der Waals surface area contributed by atoms with Crippen LogP contribution in [-0.2, 0) is 4.79 Å². The first-order valence-corrected chi connectivity index (χ1v) is 5.97. The number of hydrogen-bond acceptors (Lipinski definition) is 4. The van der Waals surface area contributed by atoms with Crippen LogP contribution >= 0.6 is 0 Å². The van der Waals surface area contributed by atoms with Crippen LogP contribution < -0.4 is 4.90 Å². The fourth-order valence-corrected chi connectivity index (χ4v) is 1.59. The molecular formula is C12H16F3N3O2. The van der Waals surface area contributed by atoms with E-state index in [1.807, 2.05) is 13.8 Å². The number of carboxylic acids is 1. The van der Waals surface area contributed by atoms with Gasteiger partial charge in [0, 0.05) is 17.7 Å². The minimum Gasteiger partial charge on any atom is -0.480 e. The number of aliphatic carboxylic acids is 1. The number of aryl methyl sites for hydroxylation is 1. The number of alkyl halides is 3. The predicted molar refractivity (Wildman–Crippen MR) is 66.8 cm³/mol. The maximum absolute atomic E-state index is 12.5. The topological polar surface area (TPSA) is 66.3 Å². The van der Waals surface area contributed by atoms with E-state index in [0.29, 0.717) is 16.4 Å². The van der Waals surface area contributed by atoms with Crippen LogP contribution in [-0.4, -0.2) is 40.3 Å². The van der Waals surface area contributed by atoms with Crippen molar-refractivity contribution in [2.75, 3.05) is 18.0 Å². The van der Waals surface area contributed by atoms with Crippen LogP contribution in [0.3, 0.4) is 0 Å². The van der Waals surface area contributed by atoms with Crippen molar-refractivity contribution in [3.63, 3.8) is 0 Å². The van der Waals surface area contributed by atoms with Crippen molar-refractivity contribution in [1.29, 1.82) is 0 Å². The average Bonchev–Trinajstić information content (AvgIpc) is 2.24. The lowest BCUT2D eigenvalue weighted by atomic mass is 10.2. The molecule has 0 atom stereocenters. The van der Waals surface area contributed by atoms with Gasteiger partial charge in [-0.1, -0.05) is 13.8 Å². The number of halogens is 3. The summed E-state index contributed by atoms with van der Waals surface area (Å²) in [6, 6.07) is 1.35. The summed E-state index contributed by atoms with van der Waals surface area (Å²) in [5, 5.41) is 8.74. The second-order valence-corrected chi connectivity index (χ2v) is 4.75. The molecule has 0 unspecified atom stereocenters. The Hall–Kier alpha value is -1.86. The molecule has 0 aliphatic carbocycles. The second kappa shape index (κ2) is 6.06. The molecule has 20 heavy (non-hydrogen) atoms. The molecule has 0 aromatic carbocycles. The van der Waals surface area contributed by atoms with Crippen molar-refractivity contribution < 1.29 is 23.1 Å². The fraction of sp³-hybridized carbons (Fsp3) is 0.583. The quantitative estimate of drug-likeness (QED) is 0.902. The van der Waals surface area contributed by atoms with E-state index >= 15 is 0 Å². The van der Waals surface area contributed by atoms with Crippen molar-refractivity contribution in [2.45, 2.75) is 32.9 Å². The summed E-state index contributed by atoms with van der Waals surface area (Å²) in [7, 11) is 0. The zero-order chi connectivity index (χ0) is 15.5. The van der Waals surface area contributed by atoms with Gasteiger partial charge in [0.2, 0.25) is 0 Å². The highest BCUT2D eigenvalue weighted by molar-refractivity contribution is 5.73. The third kappa shape index (κ3) is 5.02. The smallest absolute Gasteiger partial charge is 0.405 e. The minimum absolute atomic E-state index is 0.0269. The van der Waals surface area contributed by atoms with Crippen LogP contribution in [0.15, 0.2) is 6.07 Å². The molecule has 0 aliphatic heterocycles. The van der Waals surface area contributed by atoms with Crippen LogP contribution in [0, 0.1) is 6.92 Å². The molecule has 0 saturated heterocycles. The summed E-state index contributed by atoms with van der Waals surface area (Å²) >= 11 is 0. The molecule has 0 bridgehead atoms. The third-order valence-electron chi connectivity index (χ3n) is 2.39. The largest absolute Gasteiger partial charge is 0.480 e. The second-order valence-electron chi connectivity index (χ2n) is 4.75. The normalized spacial score (nSPS) is 11.8. The van der Waals surface area contributed by atoms with Gasteiger partial charge >= 0.3 is 12.1 Å². The van der Waals surface area contributed by atoms with Crippen LogP contribution in [0.2, 0.25) is 0 Å². The molecule has 0 amide bonds. The van der Waals surface area contributed by atoms with E-state index in [1.165, 1.54) is 6.07 Å². The molecule has 1 aromatic rings. The Kier molecular flexibility index (Phi) is 4.91. The van der Waals surface area contributed by atoms with Gasteiger partial charge in [0.15, 0.2) is 0 Å². The summed E-state index contributed by atoms with van der Waals surface area (Å²) in [6.45, 7) is 3.11. The summed E-state index contributed by atoms with van der Waals surface area (Å²) in [5.41, 5.74) is 0.497. The fourth-order valence-electron chi connectivity index (χ4n) is 1.59. The molecule has 112 valence electrons. The molecule has 1 heterocycles. The van der Waals surface area contributed by atoms with E-state index in [1.54, 1.807) is 6.92 Å². The molecule has 1 aromatic heterocycles. The summed E-state index contributed by atoms with van der Waals surface area (Å²) in [4.78, 5) is 19.6. The van der Waals surface area contributed by atoms with E-state index in [-0.39, 0.29) is 11.7 Å². The van der Waals surface area contributed by atoms with Gasteiger partial charge < -0.3 is 10.0 Å². The number of carbonyl (C=O) groups is 1. The van der Waals surface area contributed by atoms with Crippen molar-refractivity contribution in [1.82, 2.24) is 9.97 Å². The van der Waals surface area contributed by atoms with Gasteiger partial charge in [-0.05, 0) is 6.92 Å². The van der Waals surface area contributed by atoms with Crippen LogP contribution in [0.25, 0.3) is 0 Å². The van der Waals surface area contributed by atoms with Crippen molar-refractivity contribution >= 4 is 11.8 Å². The van der Waals surface area contributed by atoms with E-state index in [0.717, 1.165) is 0 Å². The Balaban J connectivity index is 3.15. The zero-order valence-electron chi connectivity index (χ0n) is 11.4. The van der Waals surface area contributed by atoms with Gasteiger partial charge in [-0.2, -0.15) is 13.2 Å². The number of rotatable bonds is 5. The van der Waals surface area contributed by atoms with E-state index < -0.39 is 25.2 Å². The molecule has 1 rings (SSSR count). The number of nitrogens with zero attached hydrogens (tertiary/aromatic N) is 3. The lowest BCUT2D eigenvalue weighted by molar-refractivity contribution is -0.136. The van der Waals surface area contributed by atoms with Gasteiger partial charge in [0.1, 0.15) is 24.7 Å². The summed E-state index contributed by atoms with van der Waals surface area (Å²) < 4.78 is 37.6. The Labute approximate surface area is 114 Å². The highest BCUT2D eigenvalue weighted by Crippen LogP contribution is 2.22. The summed E-state index contributed by atoms with van der Waals surface area (Å²) in [5.74, 6) is -1.05. The SMILES string of the molecule is Cc1cc(N(CC(=O)O)CC(F)(F)F)nc(C(C)C)n1. The van der Waals surface area contributed by atoms with Gasteiger partial charge in [-0.3, -0.25) is 4.79 Å². The van der Waals surface area contributed by atoms with E-state index in [4.69, 9.17) is 5.11 Å².